The molecule has 0 aliphatic carbocycles. The third-order valence-corrected chi connectivity index (χ3v) is 5.21. The summed E-state index contributed by atoms with van der Waals surface area (Å²) in [5.74, 6) is 0.712. The zero-order valence-corrected chi connectivity index (χ0v) is 13.4. The molecule has 2 atom stereocenters. The summed E-state index contributed by atoms with van der Waals surface area (Å²) in [6, 6.07) is 9.03. The molecule has 1 aromatic carbocycles. The van der Waals surface area contributed by atoms with E-state index in [4.69, 9.17) is 9.47 Å². The Bertz CT molecular complexity index is 551. The van der Waals surface area contributed by atoms with E-state index in [1.54, 1.807) is 0 Å². The SMILES string of the molecule is Cc1ccc(/C=C2/C[C@H](N3CCCC3)[C@@]3(CCCO3)O2)cc1. The number of nitrogens with zero attached hydrogens (tertiary/aromatic N) is 1. The third-order valence-electron chi connectivity index (χ3n) is 5.21. The summed E-state index contributed by atoms with van der Waals surface area (Å²) < 4.78 is 12.5. The highest BCUT2D eigenvalue weighted by Gasteiger charge is 2.53. The molecule has 3 fully saturated rings. The van der Waals surface area contributed by atoms with Gasteiger partial charge >= 0.3 is 0 Å². The van der Waals surface area contributed by atoms with Gasteiger partial charge in [-0.25, -0.2) is 0 Å². The van der Waals surface area contributed by atoms with Crippen molar-refractivity contribution in [2.75, 3.05) is 19.7 Å². The molecule has 3 heteroatoms. The lowest BCUT2D eigenvalue weighted by Gasteiger charge is -2.34. The molecule has 0 unspecified atom stereocenters. The van der Waals surface area contributed by atoms with E-state index in [0.717, 1.165) is 31.6 Å². The highest BCUT2D eigenvalue weighted by molar-refractivity contribution is 5.52. The van der Waals surface area contributed by atoms with Gasteiger partial charge in [-0.05, 0) is 50.9 Å². The maximum atomic E-state index is 6.37. The lowest BCUT2D eigenvalue weighted by molar-refractivity contribution is -0.191. The Morgan fingerprint density at radius 2 is 1.91 bits per heavy atom. The zero-order valence-electron chi connectivity index (χ0n) is 13.4. The maximum Gasteiger partial charge on any atom is 0.226 e. The fourth-order valence-corrected chi connectivity index (χ4v) is 4.05. The number of aryl methyl sites for hydroxylation is 1. The van der Waals surface area contributed by atoms with Gasteiger partial charge < -0.3 is 9.47 Å². The van der Waals surface area contributed by atoms with Crippen molar-refractivity contribution in [1.82, 2.24) is 4.90 Å². The van der Waals surface area contributed by atoms with Gasteiger partial charge in [-0.3, -0.25) is 4.90 Å². The lowest BCUT2D eigenvalue weighted by atomic mass is 10.0. The summed E-state index contributed by atoms with van der Waals surface area (Å²) >= 11 is 0. The van der Waals surface area contributed by atoms with E-state index in [0.29, 0.717) is 6.04 Å². The summed E-state index contributed by atoms with van der Waals surface area (Å²) in [7, 11) is 0. The second-order valence-electron chi connectivity index (χ2n) is 6.85. The van der Waals surface area contributed by atoms with Crippen molar-refractivity contribution < 1.29 is 9.47 Å². The Kier molecular flexibility index (Phi) is 3.71. The molecule has 0 radical (unpaired) electrons. The molecule has 3 aliphatic rings. The summed E-state index contributed by atoms with van der Waals surface area (Å²) in [6.07, 6.45) is 7.93. The molecule has 1 spiro atoms. The third kappa shape index (κ3) is 2.57. The van der Waals surface area contributed by atoms with Crippen molar-refractivity contribution in [3.05, 3.63) is 41.2 Å². The van der Waals surface area contributed by atoms with E-state index in [2.05, 4.69) is 42.2 Å². The van der Waals surface area contributed by atoms with Crippen LogP contribution in [0.25, 0.3) is 6.08 Å². The molecule has 22 heavy (non-hydrogen) atoms. The van der Waals surface area contributed by atoms with Crippen LogP contribution in [0.5, 0.6) is 0 Å². The maximum absolute atomic E-state index is 6.37. The number of rotatable bonds is 2. The van der Waals surface area contributed by atoms with Crippen molar-refractivity contribution >= 4 is 6.08 Å². The van der Waals surface area contributed by atoms with Gasteiger partial charge in [-0.15, -0.1) is 0 Å². The Hall–Kier alpha value is -1.32. The number of ether oxygens (including phenoxy) is 2. The number of hydrogen-bond donors (Lipinski definition) is 0. The standard InChI is InChI=1S/C19H25NO2/c1-15-5-7-16(8-6-15)13-17-14-18(20-10-2-3-11-20)19(22-17)9-4-12-21-19/h5-8,13,18H,2-4,9-12,14H2,1H3/b17-13-/t18-,19+/m0/s1. The van der Waals surface area contributed by atoms with Gasteiger partial charge in [-0.2, -0.15) is 0 Å². The van der Waals surface area contributed by atoms with Crippen LogP contribution in [0.1, 0.15) is 43.2 Å². The molecule has 118 valence electrons. The molecule has 3 heterocycles. The van der Waals surface area contributed by atoms with Gasteiger partial charge in [0.25, 0.3) is 0 Å². The molecule has 4 rings (SSSR count). The second-order valence-corrected chi connectivity index (χ2v) is 6.85. The van der Waals surface area contributed by atoms with Gasteiger partial charge in [0.05, 0.1) is 12.6 Å². The highest BCUT2D eigenvalue weighted by Crippen LogP contribution is 2.45. The first-order valence-corrected chi connectivity index (χ1v) is 8.59. The first kappa shape index (κ1) is 14.3. The molecule has 3 aliphatic heterocycles. The van der Waals surface area contributed by atoms with Crippen molar-refractivity contribution in [3.63, 3.8) is 0 Å². The highest BCUT2D eigenvalue weighted by atomic mass is 16.7. The minimum Gasteiger partial charge on any atom is -0.465 e. The van der Waals surface area contributed by atoms with E-state index in [9.17, 15) is 0 Å². The number of benzene rings is 1. The van der Waals surface area contributed by atoms with Crippen molar-refractivity contribution in [1.29, 1.82) is 0 Å². The smallest absolute Gasteiger partial charge is 0.226 e. The van der Waals surface area contributed by atoms with Crippen LogP contribution in [0.4, 0.5) is 0 Å². The van der Waals surface area contributed by atoms with Crippen molar-refractivity contribution in [2.24, 2.45) is 0 Å². The van der Waals surface area contributed by atoms with Crippen LogP contribution in [-0.4, -0.2) is 36.4 Å². The summed E-state index contributed by atoms with van der Waals surface area (Å²) in [5, 5.41) is 0. The summed E-state index contributed by atoms with van der Waals surface area (Å²) in [5.41, 5.74) is 2.51. The number of likely N-dealkylation sites (tertiary alicyclic amines) is 1. The van der Waals surface area contributed by atoms with Gasteiger partial charge in [0, 0.05) is 12.8 Å². The van der Waals surface area contributed by atoms with Gasteiger partial charge in [-0.1, -0.05) is 29.8 Å². The van der Waals surface area contributed by atoms with E-state index in [1.165, 1.54) is 37.1 Å². The van der Waals surface area contributed by atoms with Crippen LogP contribution >= 0.6 is 0 Å². The fraction of sp³-hybridized carbons (Fsp3) is 0.579. The fourth-order valence-electron chi connectivity index (χ4n) is 4.05. The normalized spacial score (nSPS) is 33.9. The van der Waals surface area contributed by atoms with E-state index in [-0.39, 0.29) is 5.79 Å². The molecular formula is C19H25NO2. The molecule has 1 aromatic rings. The topological polar surface area (TPSA) is 21.7 Å². The molecule has 0 saturated carbocycles. The predicted molar refractivity (Wildman–Crippen MR) is 87.4 cm³/mol. The van der Waals surface area contributed by atoms with Crippen LogP contribution in [0.15, 0.2) is 30.0 Å². The number of hydrogen-bond acceptors (Lipinski definition) is 3. The summed E-state index contributed by atoms with van der Waals surface area (Å²) in [4.78, 5) is 2.58. The average molecular weight is 299 g/mol. The van der Waals surface area contributed by atoms with E-state index < -0.39 is 0 Å². The lowest BCUT2D eigenvalue weighted by Crippen LogP contribution is -2.48. The monoisotopic (exact) mass is 299 g/mol. The molecular weight excluding hydrogens is 274 g/mol. The largest absolute Gasteiger partial charge is 0.465 e. The first-order chi connectivity index (χ1) is 10.8. The zero-order chi connectivity index (χ0) is 15.0. The van der Waals surface area contributed by atoms with Gasteiger partial charge in [0.15, 0.2) is 0 Å². The van der Waals surface area contributed by atoms with Crippen LogP contribution in [0, 0.1) is 6.92 Å². The average Bonchev–Trinajstić information content (AvgIpc) is 3.24. The van der Waals surface area contributed by atoms with Gasteiger partial charge in [0.1, 0.15) is 5.76 Å². The van der Waals surface area contributed by atoms with Crippen LogP contribution < -0.4 is 0 Å². The molecule has 0 amide bonds. The Morgan fingerprint density at radius 1 is 1.14 bits per heavy atom. The Balaban J connectivity index is 1.59. The van der Waals surface area contributed by atoms with E-state index >= 15 is 0 Å². The second kappa shape index (κ2) is 5.71. The van der Waals surface area contributed by atoms with Crippen LogP contribution in [0.3, 0.4) is 0 Å². The predicted octanol–water partition coefficient (Wildman–Crippen LogP) is 3.73. The van der Waals surface area contributed by atoms with Crippen LogP contribution in [-0.2, 0) is 9.47 Å². The minimum atomic E-state index is -0.374. The van der Waals surface area contributed by atoms with Crippen molar-refractivity contribution in [3.8, 4) is 0 Å². The van der Waals surface area contributed by atoms with Gasteiger partial charge in [0.2, 0.25) is 5.79 Å². The van der Waals surface area contributed by atoms with E-state index in [1.807, 2.05) is 0 Å². The molecule has 0 bridgehead atoms. The Labute approximate surface area is 132 Å². The van der Waals surface area contributed by atoms with Crippen LogP contribution in [0.2, 0.25) is 0 Å². The molecule has 3 saturated heterocycles. The Morgan fingerprint density at radius 3 is 2.59 bits per heavy atom. The summed E-state index contributed by atoms with van der Waals surface area (Å²) in [6.45, 7) is 5.34. The molecule has 3 nitrogen and oxygen atoms in total. The molecule has 0 N–H and O–H groups in total. The molecule has 0 aromatic heterocycles. The quantitative estimate of drug-likeness (QED) is 0.830. The van der Waals surface area contributed by atoms with Crippen molar-refractivity contribution in [2.45, 2.75) is 50.9 Å². The first-order valence-electron chi connectivity index (χ1n) is 8.59. The minimum absolute atomic E-state index is 0.374.